The van der Waals surface area contributed by atoms with Crippen LogP contribution in [-0.4, -0.2) is 15.1 Å². The summed E-state index contributed by atoms with van der Waals surface area (Å²) in [5.41, 5.74) is 3.10. The van der Waals surface area contributed by atoms with E-state index in [-0.39, 0.29) is 10.7 Å². The molecule has 0 atom stereocenters. The first-order chi connectivity index (χ1) is 11.4. The lowest BCUT2D eigenvalue weighted by Crippen LogP contribution is -1.87. The van der Waals surface area contributed by atoms with E-state index in [9.17, 15) is 10.1 Å². The maximum absolute atomic E-state index is 10.7. The molecule has 0 N–H and O–H groups in total. The van der Waals surface area contributed by atoms with E-state index in [2.05, 4.69) is 10.2 Å². The second kappa shape index (κ2) is 6.62. The molecule has 0 spiro atoms. The molecule has 0 aliphatic rings. The van der Waals surface area contributed by atoms with Crippen LogP contribution in [-0.2, 0) is 0 Å². The van der Waals surface area contributed by atoms with Gasteiger partial charge in [-0.05, 0) is 54.9 Å². The van der Waals surface area contributed by atoms with Gasteiger partial charge < -0.3 is 4.42 Å². The van der Waals surface area contributed by atoms with E-state index in [0.717, 1.165) is 22.9 Å². The zero-order valence-corrected chi connectivity index (χ0v) is 14.4. The van der Waals surface area contributed by atoms with Crippen molar-refractivity contribution in [1.29, 1.82) is 0 Å². The van der Waals surface area contributed by atoms with Crippen LogP contribution in [0.5, 0.6) is 0 Å². The standard InChI is InChI=1S/C16H12ClN3O3S/c1-9-3-4-11(7-10(9)2)15-18-19-16(23-15)24-14-6-5-12(20(21)22)8-13(14)17/h3-8H,1-2H3. The quantitative estimate of drug-likeness (QED) is 0.476. The maximum atomic E-state index is 10.7. The molecule has 0 amide bonds. The normalized spacial score (nSPS) is 10.8. The van der Waals surface area contributed by atoms with Crippen molar-refractivity contribution >= 4 is 29.1 Å². The Balaban J connectivity index is 1.84. The highest BCUT2D eigenvalue weighted by atomic mass is 35.5. The molecule has 0 radical (unpaired) electrons. The fraction of sp³-hybridized carbons (Fsp3) is 0.125. The van der Waals surface area contributed by atoms with Crippen molar-refractivity contribution in [3.8, 4) is 11.5 Å². The predicted molar refractivity (Wildman–Crippen MR) is 91.4 cm³/mol. The lowest BCUT2D eigenvalue weighted by molar-refractivity contribution is -0.384. The van der Waals surface area contributed by atoms with Gasteiger partial charge in [0.2, 0.25) is 5.89 Å². The van der Waals surface area contributed by atoms with Crippen LogP contribution in [0.1, 0.15) is 11.1 Å². The summed E-state index contributed by atoms with van der Waals surface area (Å²) in [6, 6.07) is 10.1. The van der Waals surface area contributed by atoms with Crippen LogP contribution >= 0.6 is 23.4 Å². The Labute approximate surface area is 147 Å². The molecule has 0 fully saturated rings. The van der Waals surface area contributed by atoms with Crippen LogP contribution in [0.2, 0.25) is 5.02 Å². The zero-order valence-electron chi connectivity index (χ0n) is 12.8. The summed E-state index contributed by atoms with van der Waals surface area (Å²) in [5.74, 6) is 0.415. The number of hydrogen-bond acceptors (Lipinski definition) is 6. The van der Waals surface area contributed by atoms with Crippen molar-refractivity contribution in [2.24, 2.45) is 0 Å². The van der Waals surface area contributed by atoms with Gasteiger partial charge in [0.25, 0.3) is 10.9 Å². The Bertz CT molecular complexity index is 927. The number of aryl methyl sites for hydroxylation is 2. The molecule has 0 aliphatic carbocycles. The third-order valence-corrected chi connectivity index (χ3v) is 4.82. The molecule has 3 aromatic rings. The minimum absolute atomic E-state index is 0.0642. The van der Waals surface area contributed by atoms with Crippen LogP contribution in [0.4, 0.5) is 5.69 Å². The second-order valence-electron chi connectivity index (χ2n) is 5.15. The fourth-order valence-corrected chi connectivity index (χ4v) is 3.00. The molecule has 0 bridgehead atoms. The van der Waals surface area contributed by atoms with Gasteiger partial charge in [0.05, 0.1) is 9.95 Å². The second-order valence-corrected chi connectivity index (χ2v) is 6.55. The van der Waals surface area contributed by atoms with Gasteiger partial charge in [-0.15, -0.1) is 10.2 Å². The summed E-state index contributed by atoms with van der Waals surface area (Å²) in [6.45, 7) is 4.05. The van der Waals surface area contributed by atoms with Crippen molar-refractivity contribution in [3.63, 3.8) is 0 Å². The first-order valence-electron chi connectivity index (χ1n) is 6.97. The Morgan fingerprint density at radius 3 is 2.58 bits per heavy atom. The molecule has 0 saturated carbocycles. The molecule has 6 nitrogen and oxygen atoms in total. The molecule has 0 saturated heterocycles. The van der Waals surface area contributed by atoms with Gasteiger partial charge in [-0.3, -0.25) is 10.1 Å². The average molecular weight is 362 g/mol. The number of nitrogens with zero attached hydrogens (tertiary/aromatic N) is 3. The fourth-order valence-electron chi connectivity index (χ4n) is 2.02. The monoisotopic (exact) mass is 361 g/mol. The molecule has 8 heteroatoms. The number of halogens is 1. The predicted octanol–water partition coefficient (Wildman–Crippen LogP) is 5.07. The van der Waals surface area contributed by atoms with E-state index in [1.807, 2.05) is 32.0 Å². The number of aromatic nitrogens is 2. The van der Waals surface area contributed by atoms with Gasteiger partial charge in [-0.2, -0.15) is 0 Å². The first-order valence-corrected chi connectivity index (χ1v) is 8.16. The Morgan fingerprint density at radius 2 is 1.92 bits per heavy atom. The maximum Gasteiger partial charge on any atom is 0.281 e. The molecule has 1 heterocycles. The Morgan fingerprint density at radius 1 is 1.12 bits per heavy atom. The minimum atomic E-state index is -0.495. The summed E-state index contributed by atoms with van der Waals surface area (Å²) < 4.78 is 5.65. The van der Waals surface area contributed by atoms with Crippen molar-refractivity contribution in [1.82, 2.24) is 10.2 Å². The largest absolute Gasteiger partial charge is 0.411 e. The van der Waals surface area contributed by atoms with Crippen LogP contribution in [0.25, 0.3) is 11.5 Å². The summed E-state index contributed by atoms with van der Waals surface area (Å²) in [5, 5.41) is 19.3. The Kier molecular flexibility index (Phi) is 4.55. The van der Waals surface area contributed by atoms with Gasteiger partial charge in [0, 0.05) is 22.6 Å². The van der Waals surface area contributed by atoms with E-state index in [0.29, 0.717) is 16.0 Å². The minimum Gasteiger partial charge on any atom is -0.411 e. The summed E-state index contributed by atoms with van der Waals surface area (Å²) in [7, 11) is 0. The van der Waals surface area contributed by atoms with Gasteiger partial charge in [-0.25, -0.2) is 0 Å². The molecular formula is C16H12ClN3O3S. The zero-order chi connectivity index (χ0) is 17.3. The SMILES string of the molecule is Cc1ccc(-c2nnc(Sc3ccc([N+](=O)[O-])cc3Cl)o2)cc1C. The lowest BCUT2D eigenvalue weighted by Gasteiger charge is -2.01. The molecule has 3 rings (SSSR count). The molecular weight excluding hydrogens is 350 g/mol. The van der Waals surface area contributed by atoms with E-state index in [1.54, 1.807) is 6.07 Å². The van der Waals surface area contributed by atoms with Crippen LogP contribution < -0.4 is 0 Å². The number of benzene rings is 2. The highest BCUT2D eigenvalue weighted by molar-refractivity contribution is 7.99. The summed E-state index contributed by atoms with van der Waals surface area (Å²) in [6.07, 6.45) is 0. The van der Waals surface area contributed by atoms with Crippen molar-refractivity contribution in [2.45, 2.75) is 24.0 Å². The van der Waals surface area contributed by atoms with Gasteiger partial charge in [-0.1, -0.05) is 17.7 Å². The van der Waals surface area contributed by atoms with Gasteiger partial charge in [0.1, 0.15) is 0 Å². The molecule has 2 aromatic carbocycles. The third-order valence-electron chi connectivity index (χ3n) is 3.48. The van der Waals surface area contributed by atoms with Gasteiger partial charge in [0.15, 0.2) is 0 Å². The first kappa shape index (κ1) is 16.5. The number of non-ortho nitro benzene ring substituents is 1. The molecule has 0 aliphatic heterocycles. The van der Waals surface area contributed by atoms with Crippen LogP contribution in [0.15, 0.2) is 50.9 Å². The van der Waals surface area contributed by atoms with Crippen molar-refractivity contribution in [2.75, 3.05) is 0 Å². The van der Waals surface area contributed by atoms with Crippen LogP contribution in [0.3, 0.4) is 0 Å². The number of hydrogen-bond donors (Lipinski definition) is 0. The lowest BCUT2D eigenvalue weighted by atomic mass is 10.1. The average Bonchev–Trinajstić information content (AvgIpc) is 3.00. The summed E-state index contributed by atoms with van der Waals surface area (Å²) >= 11 is 7.23. The Hall–Kier alpha value is -2.38. The van der Waals surface area contributed by atoms with E-state index in [4.69, 9.17) is 16.0 Å². The number of nitro groups is 1. The van der Waals surface area contributed by atoms with E-state index in [1.165, 1.54) is 17.7 Å². The topological polar surface area (TPSA) is 82.1 Å². The molecule has 24 heavy (non-hydrogen) atoms. The van der Waals surface area contributed by atoms with Crippen molar-refractivity contribution in [3.05, 3.63) is 62.7 Å². The van der Waals surface area contributed by atoms with E-state index < -0.39 is 4.92 Å². The smallest absolute Gasteiger partial charge is 0.281 e. The van der Waals surface area contributed by atoms with Crippen molar-refractivity contribution < 1.29 is 9.34 Å². The third kappa shape index (κ3) is 3.42. The highest BCUT2D eigenvalue weighted by Crippen LogP contribution is 2.35. The number of rotatable bonds is 4. The van der Waals surface area contributed by atoms with Gasteiger partial charge >= 0.3 is 0 Å². The molecule has 0 unspecified atom stereocenters. The number of nitro benzene ring substituents is 1. The van der Waals surface area contributed by atoms with E-state index >= 15 is 0 Å². The molecule has 122 valence electrons. The van der Waals surface area contributed by atoms with Crippen LogP contribution in [0, 0.1) is 24.0 Å². The molecule has 1 aromatic heterocycles. The summed E-state index contributed by atoms with van der Waals surface area (Å²) in [4.78, 5) is 10.8. The highest BCUT2D eigenvalue weighted by Gasteiger charge is 2.15.